The van der Waals surface area contributed by atoms with Crippen LogP contribution >= 0.6 is 0 Å². The van der Waals surface area contributed by atoms with Crippen LogP contribution in [0.15, 0.2) is 30.5 Å². The Labute approximate surface area is 114 Å². The zero-order valence-electron chi connectivity index (χ0n) is 10.9. The van der Waals surface area contributed by atoms with Gasteiger partial charge in [-0.15, -0.1) is 0 Å². The summed E-state index contributed by atoms with van der Waals surface area (Å²) in [5.74, 6) is -0.207. The number of carbonyl (C=O) groups excluding carboxylic acids is 1. The van der Waals surface area contributed by atoms with Gasteiger partial charge in [0.1, 0.15) is 5.75 Å². The number of methoxy groups -OCH3 is 1. The van der Waals surface area contributed by atoms with E-state index in [0.717, 1.165) is 0 Å². The predicted octanol–water partition coefficient (Wildman–Crippen LogP) is 1.59. The van der Waals surface area contributed by atoms with Crippen LogP contribution in [0.5, 0.6) is 5.75 Å². The highest BCUT2D eigenvalue weighted by atomic mass is 16.6. The van der Waals surface area contributed by atoms with E-state index in [2.05, 4.69) is 10.4 Å². The number of nitrogens with zero attached hydrogens (tertiary/aromatic N) is 3. The van der Waals surface area contributed by atoms with Crippen molar-refractivity contribution in [1.82, 2.24) is 9.78 Å². The van der Waals surface area contributed by atoms with E-state index in [4.69, 9.17) is 4.74 Å². The second-order valence-electron chi connectivity index (χ2n) is 3.97. The second kappa shape index (κ2) is 5.39. The summed E-state index contributed by atoms with van der Waals surface area (Å²) in [7, 11) is 3.07. The highest BCUT2D eigenvalue weighted by Crippen LogP contribution is 2.29. The number of hydrogen-bond donors (Lipinski definition) is 1. The van der Waals surface area contributed by atoms with Crippen molar-refractivity contribution < 1.29 is 14.5 Å². The third kappa shape index (κ3) is 2.74. The molecule has 0 unspecified atom stereocenters. The van der Waals surface area contributed by atoms with Crippen LogP contribution in [0.2, 0.25) is 0 Å². The Morgan fingerprint density at radius 2 is 2.20 bits per heavy atom. The van der Waals surface area contributed by atoms with Gasteiger partial charge >= 0.3 is 0 Å². The molecule has 0 aliphatic heterocycles. The summed E-state index contributed by atoms with van der Waals surface area (Å²) in [6.45, 7) is 0. The monoisotopic (exact) mass is 276 g/mol. The van der Waals surface area contributed by atoms with Crippen LogP contribution in [0.3, 0.4) is 0 Å². The molecule has 0 fully saturated rings. The van der Waals surface area contributed by atoms with Gasteiger partial charge in [0.25, 0.3) is 11.6 Å². The molecule has 20 heavy (non-hydrogen) atoms. The molecule has 1 amide bonds. The molecule has 1 N–H and O–H groups in total. The first-order valence-electron chi connectivity index (χ1n) is 5.64. The van der Waals surface area contributed by atoms with Crippen LogP contribution in [0.4, 0.5) is 11.4 Å². The van der Waals surface area contributed by atoms with Crippen LogP contribution < -0.4 is 10.1 Å². The van der Waals surface area contributed by atoms with Gasteiger partial charge in [0.05, 0.1) is 23.8 Å². The molecule has 0 saturated heterocycles. The van der Waals surface area contributed by atoms with Crippen molar-refractivity contribution in [3.63, 3.8) is 0 Å². The largest absolute Gasteiger partial charge is 0.494 e. The van der Waals surface area contributed by atoms with Gasteiger partial charge in [-0.25, -0.2) is 0 Å². The summed E-state index contributed by atoms with van der Waals surface area (Å²) >= 11 is 0. The van der Waals surface area contributed by atoms with E-state index >= 15 is 0 Å². The number of nitrogens with one attached hydrogen (secondary N) is 1. The van der Waals surface area contributed by atoms with Gasteiger partial charge in [-0.1, -0.05) is 0 Å². The number of nitro groups is 1. The summed E-state index contributed by atoms with van der Waals surface area (Å²) in [4.78, 5) is 22.1. The van der Waals surface area contributed by atoms with Crippen molar-refractivity contribution in [1.29, 1.82) is 0 Å². The van der Waals surface area contributed by atoms with E-state index in [9.17, 15) is 14.9 Å². The van der Waals surface area contributed by atoms with Crippen molar-refractivity contribution in [3.8, 4) is 5.75 Å². The van der Waals surface area contributed by atoms with E-state index in [1.165, 1.54) is 30.0 Å². The summed E-state index contributed by atoms with van der Waals surface area (Å²) in [5.41, 5.74) is 0.472. The highest BCUT2D eigenvalue weighted by molar-refractivity contribution is 6.03. The molecule has 0 saturated carbocycles. The molecule has 8 nitrogen and oxygen atoms in total. The fourth-order valence-corrected chi connectivity index (χ4v) is 1.62. The minimum atomic E-state index is -0.535. The van der Waals surface area contributed by atoms with Gasteiger partial charge in [-0.2, -0.15) is 5.10 Å². The van der Waals surface area contributed by atoms with Crippen molar-refractivity contribution in [2.75, 3.05) is 12.4 Å². The molecule has 2 aromatic rings. The smallest absolute Gasteiger partial charge is 0.276 e. The van der Waals surface area contributed by atoms with Crippen LogP contribution in [-0.2, 0) is 7.05 Å². The number of ether oxygens (including phenoxy) is 1. The van der Waals surface area contributed by atoms with Gasteiger partial charge < -0.3 is 10.1 Å². The number of rotatable bonds is 4. The Hall–Kier alpha value is -2.90. The number of hydrogen-bond acceptors (Lipinski definition) is 5. The van der Waals surface area contributed by atoms with E-state index < -0.39 is 10.8 Å². The van der Waals surface area contributed by atoms with Crippen LogP contribution in [0.1, 0.15) is 10.5 Å². The molecule has 0 bridgehead atoms. The molecule has 8 heteroatoms. The SMILES string of the molecule is COc1cc([N+](=O)[O-])ccc1NC(=O)c1ccn(C)n1. The number of non-ortho nitro benzene ring substituents is 1. The molecule has 0 atom stereocenters. The Bertz CT molecular complexity index is 665. The minimum absolute atomic E-state index is 0.113. The van der Waals surface area contributed by atoms with Gasteiger partial charge in [0.15, 0.2) is 5.69 Å². The number of aryl methyl sites for hydroxylation is 1. The number of anilines is 1. The van der Waals surface area contributed by atoms with Crippen molar-refractivity contribution >= 4 is 17.3 Å². The summed E-state index contributed by atoms with van der Waals surface area (Å²) < 4.78 is 6.54. The molecule has 1 heterocycles. The molecular weight excluding hydrogens is 264 g/mol. The van der Waals surface area contributed by atoms with Gasteiger partial charge in [0, 0.05) is 19.3 Å². The molecule has 2 rings (SSSR count). The Morgan fingerprint density at radius 1 is 1.45 bits per heavy atom. The highest BCUT2D eigenvalue weighted by Gasteiger charge is 2.15. The normalized spacial score (nSPS) is 10.1. The lowest BCUT2D eigenvalue weighted by molar-refractivity contribution is -0.384. The van der Waals surface area contributed by atoms with Gasteiger partial charge in [0.2, 0.25) is 0 Å². The molecule has 104 valence electrons. The summed E-state index contributed by atoms with van der Waals surface area (Å²) in [5, 5.41) is 17.2. The molecule has 0 aliphatic rings. The molecule has 0 aliphatic carbocycles. The second-order valence-corrected chi connectivity index (χ2v) is 3.97. The van der Waals surface area contributed by atoms with Gasteiger partial charge in [-0.05, 0) is 12.1 Å². The third-order valence-corrected chi connectivity index (χ3v) is 2.59. The number of carbonyl (C=O) groups is 1. The fraction of sp³-hybridized carbons (Fsp3) is 0.167. The molecule has 1 aromatic heterocycles. The first-order valence-corrected chi connectivity index (χ1v) is 5.64. The molecule has 0 spiro atoms. The minimum Gasteiger partial charge on any atom is -0.494 e. The van der Waals surface area contributed by atoms with Crippen molar-refractivity contribution in [3.05, 3.63) is 46.3 Å². The lowest BCUT2D eigenvalue weighted by Gasteiger charge is -2.08. The Morgan fingerprint density at radius 3 is 2.75 bits per heavy atom. The summed E-state index contributed by atoms with van der Waals surface area (Å²) in [6.07, 6.45) is 1.64. The predicted molar refractivity (Wildman–Crippen MR) is 70.8 cm³/mol. The lowest BCUT2D eigenvalue weighted by atomic mass is 10.2. The molecule has 0 radical (unpaired) electrons. The lowest BCUT2D eigenvalue weighted by Crippen LogP contribution is -2.13. The maximum absolute atomic E-state index is 11.9. The molecular formula is C12H12N4O4. The fourth-order valence-electron chi connectivity index (χ4n) is 1.62. The first-order chi connectivity index (χ1) is 9.51. The first kappa shape index (κ1) is 13.5. The van der Waals surface area contributed by atoms with Crippen molar-refractivity contribution in [2.24, 2.45) is 7.05 Å². The maximum Gasteiger partial charge on any atom is 0.276 e. The third-order valence-electron chi connectivity index (χ3n) is 2.59. The Balaban J connectivity index is 2.25. The zero-order chi connectivity index (χ0) is 14.7. The molecule has 1 aromatic carbocycles. The van der Waals surface area contributed by atoms with Gasteiger partial charge in [-0.3, -0.25) is 19.6 Å². The number of aromatic nitrogens is 2. The van der Waals surface area contributed by atoms with Crippen LogP contribution in [0.25, 0.3) is 0 Å². The van der Waals surface area contributed by atoms with E-state index in [-0.39, 0.29) is 17.1 Å². The Kier molecular flexibility index (Phi) is 3.65. The van der Waals surface area contributed by atoms with Crippen molar-refractivity contribution in [2.45, 2.75) is 0 Å². The summed E-state index contributed by atoms with van der Waals surface area (Å²) in [6, 6.07) is 5.51. The van der Waals surface area contributed by atoms with E-state index in [1.54, 1.807) is 19.3 Å². The number of benzene rings is 1. The number of amides is 1. The van der Waals surface area contributed by atoms with E-state index in [0.29, 0.717) is 5.69 Å². The van der Waals surface area contributed by atoms with E-state index in [1.807, 2.05) is 0 Å². The average Bonchev–Trinajstić information content (AvgIpc) is 2.85. The quantitative estimate of drug-likeness (QED) is 0.675. The van der Waals surface area contributed by atoms with Crippen LogP contribution in [-0.4, -0.2) is 27.7 Å². The zero-order valence-corrected chi connectivity index (χ0v) is 10.9. The van der Waals surface area contributed by atoms with Crippen LogP contribution in [0, 0.1) is 10.1 Å². The average molecular weight is 276 g/mol. The number of nitro benzene ring substituents is 1. The maximum atomic E-state index is 11.9. The standard InChI is InChI=1S/C12H12N4O4/c1-15-6-5-10(14-15)12(17)13-9-4-3-8(16(18)19)7-11(9)20-2/h3-7H,1-2H3,(H,13,17). The topological polar surface area (TPSA) is 99.3 Å².